The molecule has 3 aromatic carbocycles. The van der Waals surface area contributed by atoms with Crippen LogP contribution in [-0.2, 0) is 9.53 Å². The lowest BCUT2D eigenvalue weighted by molar-refractivity contribution is -0.112. The number of rotatable bonds is 4. The molecule has 156 valence electrons. The van der Waals surface area contributed by atoms with E-state index in [1.165, 1.54) is 0 Å². The number of anilines is 3. The highest BCUT2D eigenvalue weighted by molar-refractivity contribution is 6.38. The van der Waals surface area contributed by atoms with Gasteiger partial charge in [-0.05, 0) is 36.4 Å². The predicted molar refractivity (Wildman–Crippen MR) is 124 cm³/mol. The third-order valence-corrected chi connectivity index (χ3v) is 5.78. The number of methoxy groups -OCH3 is 1. The molecule has 2 heterocycles. The van der Waals surface area contributed by atoms with Crippen LogP contribution in [0.3, 0.4) is 0 Å². The Balaban J connectivity index is 1.55. The smallest absolute Gasteiger partial charge is 0.263 e. The van der Waals surface area contributed by atoms with Crippen LogP contribution in [0.5, 0.6) is 5.75 Å². The summed E-state index contributed by atoms with van der Waals surface area (Å²) in [5.74, 6) is 0.714. The molecule has 5 rings (SSSR count). The second-order valence-corrected chi connectivity index (χ2v) is 7.58. The number of carbonyl (C=O) groups is 1. The summed E-state index contributed by atoms with van der Waals surface area (Å²) < 4.78 is 11.2. The summed E-state index contributed by atoms with van der Waals surface area (Å²) in [6.07, 6.45) is 1.94. The van der Waals surface area contributed by atoms with Gasteiger partial charge in [-0.25, -0.2) is 0 Å². The van der Waals surface area contributed by atoms with Crippen LogP contribution in [0.4, 0.5) is 17.1 Å². The summed E-state index contributed by atoms with van der Waals surface area (Å²) in [5, 5.41) is 0. The van der Waals surface area contributed by atoms with Crippen molar-refractivity contribution in [2.24, 2.45) is 0 Å². The fraction of sp³-hybridized carbons (Fsp3) is 0.192. The van der Waals surface area contributed by atoms with E-state index in [1.54, 1.807) is 12.0 Å². The van der Waals surface area contributed by atoms with E-state index in [4.69, 9.17) is 9.47 Å². The molecule has 0 bridgehead atoms. The van der Waals surface area contributed by atoms with E-state index in [2.05, 4.69) is 11.0 Å². The number of amides is 1. The molecular formula is C26H24N2O3. The van der Waals surface area contributed by atoms with Crippen LogP contribution in [0.25, 0.3) is 11.6 Å². The summed E-state index contributed by atoms with van der Waals surface area (Å²) in [6.45, 7) is 3.19. The molecule has 0 N–H and O–H groups in total. The van der Waals surface area contributed by atoms with Crippen LogP contribution >= 0.6 is 0 Å². The lowest BCUT2D eigenvalue weighted by Gasteiger charge is -2.29. The van der Waals surface area contributed by atoms with Crippen molar-refractivity contribution < 1.29 is 14.3 Å². The Kier molecular flexibility index (Phi) is 5.18. The van der Waals surface area contributed by atoms with E-state index in [0.29, 0.717) is 5.57 Å². The topological polar surface area (TPSA) is 42.0 Å². The zero-order chi connectivity index (χ0) is 21.2. The molecule has 31 heavy (non-hydrogen) atoms. The molecular weight excluding hydrogens is 388 g/mol. The quantitative estimate of drug-likeness (QED) is 0.580. The van der Waals surface area contributed by atoms with Crippen LogP contribution in [0.15, 0.2) is 72.8 Å². The molecule has 5 nitrogen and oxygen atoms in total. The van der Waals surface area contributed by atoms with Crippen molar-refractivity contribution in [3.05, 3.63) is 83.9 Å². The molecule has 0 aliphatic carbocycles. The van der Waals surface area contributed by atoms with Gasteiger partial charge < -0.3 is 14.4 Å². The Hall–Kier alpha value is -3.57. The van der Waals surface area contributed by atoms with Crippen LogP contribution in [-0.4, -0.2) is 39.3 Å². The molecule has 0 atom stereocenters. The first-order valence-corrected chi connectivity index (χ1v) is 10.5. The number of nitrogens with zero attached hydrogens (tertiary/aromatic N) is 2. The summed E-state index contributed by atoms with van der Waals surface area (Å²) in [4.78, 5) is 17.5. The second kappa shape index (κ2) is 8.28. The van der Waals surface area contributed by atoms with Gasteiger partial charge in [0.1, 0.15) is 5.75 Å². The highest BCUT2D eigenvalue weighted by atomic mass is 16.5. The molecule has 0 radical (unpaired) electrons. The zero-order valence-corrected chi connectivity index (χ0v) is 17.5. The van der Waals surface area contributed by atoms with Gasteiger partial charge in [-0.15, -0.1) is 0 Å². The van der Waals surface area contributed by atoms with Gasteiger partial charge in [0.25, 0.3) is 5.91 Å². The standard InChI is InChI=1S/C26H24N2O3/c1-30-25-18-21(27-13-15-31-16-14-27)12-11-19(25)17-23-22-9-5-6-10-24(22)28(26(23)29)20-7-3-2-4-8-20/h2-12,17-18H,13-16H2,1H3/b23-17-. The van der Waals surface area contributed by atoms with Gasteiger partial charge in [0, 0.05) is 41.7 Å². The molecule has 0 saturated carbocycles. The molecule has 2 aliphatic rings. The number of benzene rings is 3. The monoisotopic (exact) mass is 412 g/mol. The molecule has 0 spiro atoms. The first-order valence-electron chi connectivity index (χ1n) is 10.5. The minimum absolute atomic E-state index is 0.0355. The SMILES string of the molecule is COc1cc(N2CCOCC2)ccc1/C=C1\C(=O)N(c2ccccc2)c2ccccc21. The fourth-order valence-corrected chi connectivity index (χ4v) is 4.21. The Morgan fingerprint density at radius 1 is 0.903 bits per heavy atom. The minimum Gasteiger partial charge on any atom is -0.496 e. The van der Waals surface area contributed by atoms with Gasteiger partial charge in [-0.3, -0.25) is 9.69 Å². The third-order valence-electron chi connectivity index (χ3n) is 5.78. The van der Waals surface area contributed by atoms with Crippen molar-refractivity contribution in [2.75, 3.05) is 43.2 Å². The maximum absolute atomic E-state index is 13.5. The zero-order valence-electron chi connectivity index (χ0n) is 17.5. The lowest BCUT2D eigenvalue weighted by atomic mass is 10.0. The van der Waals surface area contributed by atoms with Crippen LogP contribution in [0, 0.1) is 0 Å². The number of fused-ring (bicyclic) bond motifs is 1. The molecule has 0 unspecified atom stereocenters. The predicted octanol–water partition coefficient (Wildman–Crippen LogP) is 4.75. The largest absolute Gasteiger partial charge is 0.496 e. The van der Waals surface area contributed by atoms with Gasteiger partial charge in [0.2, 0.25) is 0 Å². The molecule has 1 fully saturated rings. The van der Waals surface area contributed by atoms with E-state index in [0.717, 1.165) is 60.2 Å². The maximum atomic E-state index is 13.5. The molecule has 2 aliphatic heterocycles. The van der Waals surface area contributed by atoms with Crippen molar-refractivity contribution in [3.8, 4) is 5.75 Å². The van der Waals surface area contributed by atoms with Crippen molar-refractivity contribution in [1.29, 1.82) is 0 Å². The van der Waals surface area contributed by atoms with E-state index >= 15 is 0 Å². The Morgan fingerprint density at radius 2 is 1.65 bits per heavy atom. The summed E-state index contributed by atoms with van der Waals surface area (Å²) >= 11 is 0. The Bertz CT molecular complexity index is 1130. The molecule has 1 amide bonds. The first kappa shape index (κ1) is 19.4. The number of hydrogen-bond acceptors (Lipinski definition) is 4. The van der Waals surface area contributed by atoms with E-state index in [1.807, 2.05) is 72.8 Å². The van der Waals surface area contributed by atoms with E-state index in [9.17, 15) is 4.79 Å². The maximum Gasteiger partial charge on any atom is 0.263 e. The molecule has 0 aromatic heterocycles. The summed E-state index contributed by atoms with van der Waals surface area (Å²) in [6, 6.07) is 23.8. The van der Waals surface area contributed by atoms with Gasteiger partial charge in [0.05, 0.1) is 31.6 Å². The Labute approximate surface area is 182 Å². The van der Waals surface area contributed by atoms with Crippen molar-refractivity contribution in [3.63, 3.8) is 0 Å². The summed E-state index contributed by atoms with van der Waals surface area (Å²) in [7, 11) is 1.67. The van der Waals surface area contributed by atoms with Crippen molar-refractivity contribution >= 4 is 34.6 Å². The number of hydrogen-bond donors (Lipinski definition) is 0. The molecule has 3 aromatic rings. The van der Waals surface area contributed by atoms with Gasteiger partial charge in [-0.2, -0.15) is 0 Å². The van der Waals surface area contributed by atoms with Gasteiger partial charge >= 0.3 is 0 Å². The van der Waals surface area contributed by atoms with Crippen molar-refractivity contribution in [1.82, 2.24) is 0 Å². The van der Waals surface area contributed by atoms with Crippen LogP contribution < -0.4 is 14.5 Å². The first-order chi connectivity index (χ1) is 15.3. The lowest BCUT2D eigenvalue weighted by Crippen LogP contribution is -2.36. The minimum atomic E-state index is -0.0355. The third kappa shape index (κ3) is 3.57. The molecule has 5 heteroatoms. The second-order valence-electron chi connectivity index (χ2n) is 7.58. The molecule has 1 saturated heterocycles. The normalized spacial score (nSPS) is 17.2. The van der Waals surface area contributed by atoms with Gasteiger partial charge in [-0.1, -0.05) is 36.4 Å². The summed E-state index contributed by atoms with van der Waals surface area (Å²) in [5.41, 5.74) is 5.33. The van der Waals surface area contributed by atoms with Gasteiger partial charge in [0.15, 0.2) is 0 Å². The number of morpholine rings is 1. The average molecular weight is 412 g/mol. The highest BCUT2D eigenvalue weighted by Crippen LogP contribution is 2.42. The van der Waals surface area contributed by atoms with Crippen LogP contribution in [0.2, 0.25) is 0 Å². The van der Waals surface area contributed by atoms with Crippen LogP contribution in [0.1, 0.15) is 11.1 Å². The van der Waals surface area contributed by atoms with E-state index in [-0.39, 0.29) is 5.91 Å². The van der Waals surface area contributed by atoms with Crippen molar-refractivity contribution in [2.45, 2.75) is 0 Å². The highest BCUT2D eigenvalue weighted by Gasteiger charge is 2.33. The number of para-hydroxylation sites is 2. The number of carbonyl (C=O) groups excluding carboxylic acids is 1. The fourth-order valence-electron chi connectivity index (χ4n) is 4.21. The Morgan fingerprint density at radius 3 is 2.42 bits per heavy atom. The van der Waals surface area contributed by atoms with E-state index < -0.39 is 0 Å². The number of ether oxygens (including phenoxy) is 2. The average Bonchev–Trinajstić information content (AvgIpc) is 3.11.